The molecule has 0 unspecified atom stereocenters. The van der Waals surface area contributed by atoms with Crippen molar-refractivity contribution >= 4 is 22.5 Å². The highest BCUT2D eigenvalue weighted by atomic mass is 16.5. The van der Waals surface area contributed by atoms with Crippen molar-refractivity contribution in [3.05, 3.63) is 65.2 Å². The second-order valence-electron chi connectivity index (χ2n) is 5.21. The highest BCUT2D eigenvalue weighted by molar-refractivity contribution is 5.90. The van der Waals surface area contributed by atoms with Gasteiger partial charge < -0.3 is 10.1 Å². The fraction of sp³-hybridized carbons (Fsp3) is 0.111. The summed E-state index contributed by atoms with van der Waals surface area (Å²) in [6, 6.07) is 15.5. The maximum atomic E-state index is 12.4. The molecule has 0 saturated heterocycles. The van der Waals surface area contributed by atoms with Gasteiger partial charge in [0.2, 0.25) is 5.91 Å². The molecule has 3 aromatic rings. The van der Waals surface area contributed by atoms with Crippen LogP contribution >= 0.6 is 0 Å². The molecule has 0 saturated carbocycles. The summed E-state index contributed by atoms with van der Waals surface area (Å²) < 4.78 is 6.41. The molecule has 0 aliphatic heterocycles. The number of amides is 1. The van der Waals surface area contributed by atoms with Crippen molar-refractivity contribution in [2.45, 2.75) is 6.54 Å². The van der Waals surface area contributed by atoms with E-state index in [2.05, 4.69) is 10.3 Å². The lowest BCUT2D eigenvalue weighted by Gasteiger charge is -2.08. The summed E-state index contributed by atoms with van der Waals surface area (Å²) >= 11 is 0. The van der Waals surface area contributed by atoms with Crippen molar-refractivity contribution in [2.24, 2.45) is 0 Å². The molecule has 0 atom stereocenters. The Morgan fingerprint density at radius 3 is 2.72 bits per heavy atom. The van der Waals surface area contributed by atoms with Gasteiger partial charge in [-0.3, -0.25) is 14.2 Å². The molecule has 1 amide bonds. The number of hydrogen-bond acceptors (Lipinski definition) is 5. The minimum Gasteiger partial charge on any atom is -0.479 e. The third-order valence-electron chi connectivity index (χ3n) is 3.49. The maximum Gasteiger partial charge on any atom is 0.261 e. The Morgan fingerprint density at radius 1 is 1.20 bits per heavy atom. The zero-order chi connectivity index (χ0) is 17.6. The third-order valence-corrected chi connectivity index (χ3v) is 3.49. The predicted molar refractivity (Wildman–Crippen MR) is 92.2 cm³/mol. The van der Waals surface area contributed by atoms with Gasteiger partial charge in [0.25, 0.3) is 5.56 Å². The number of carbonyl (C=O) groups is 1. The van der Waals surface area contributed by atoms with E-state index in [0.29, 0.717) is 22.3 Å². The van der Waals surface area contributed by atoms with Gasteiger partial charge in [0.1, 0.15) is 18.4 Å². The van der Waals surface area contributed by atoms with Crippen LogP contribution in [0.15, 0.2) is 59.7 Å². The topological polar surface area (TPSA) is 97.0 Å². The number of aromatic nitrogens is 2. The molecule has 7 heteroatoms. The van der Waals surface area contributed by atoms with E-state index in [4.69, 9.17) is 10.00 Å². The molecular weight excluding hydrogens is 320 g/mol. The Morgan fingerprint density at radius 2 is 1.96 bits per heavy atom. The number of rotatable bonds is 5. The van der Waals surface area contributed by atoms with Crippen LogP contribution < -0.4 is 15.6 Å². The molecule has 0 aliphatic carbocycles. The van der Waals surface area contributed by atoms with Gasteiger partial charge in [-0.15, -0.1) is 0 Å². The molecule has 0 bridgehead atoms. The number of nitrogens with one attached hydrogen (secondary N) is 1. The number of nitrogens with zero attached hydrogens (tertiary/aromatic N) is 3. The van der Waals surface area contributed by atoms with E-state index in [1.165, 1.54) is 10.9 Å². The van der Waals surface area contributed by atoms with E-state index in [0.717, 1.165) is 0 Å². The standard InChI is InChI=1S/C18H14N4O3/c19-9-10-25-14-7-5-13(6-8-14)21-17(23)11-22-12-20-16-4-2-1-3-15(16)18(22)24/h1-8,12H,10-11H2,(H,21,23). The molecule has 0 aliphatic rings. The molecule has 1 heterocycles. The Kier molecular flexibility index (Phi) is 4.72. The summed E-state index contributed by atoms with van der Waals surface area (Å²) in [4.78, 5) is 28.7. The quantitative estimate of drug-likeness (QED) is 0.769. The summed E-state index contributed by atoms with van der Waals surface area (Å²) in [5.74, 6) is 0.194. The molecule has 0 fully saturated rings. The smallest absolute Gasteiger partial charge is 0.261 e. The van der Waals surface area contributed by atoms with E-state index >= 15 is 0 Å². The van der Waals surface area contributed by atoms with Crippen LogP contribution in [0.2, 0.25) is 0 Å². The zero-order valence-electron chi connectivity index (χ0n) is 13.2. The molecule has 25 heavy (non-hydrogen) atoms. The van der Waals surface area contributed by atoms with E-state index in [1.807, 2.05) is 6.07 Å². The predicted octanol–water partition coefficient (Wildman–Crippen LogP) is 1.94. The minimum atomic E-state index is -0.343. The molecule has 7 nitrogen and oxygen atoms in total. The van der Waals surface area contributed by atoms with Crippen molar-refractivity contribution in [2.75, 3.05) is 11.9 Å². The van der Waals surface area contributed by atoms with Crippen LogP contribution in [0, 0.1) is 11.3 Å². The first-order valence-electron chi connectivity index (χ1n) is 7.51. The van der Waals surface area contributed by atoms with Crippen molar-refractivity contribution in [3.63, 3.8) is 0 Å². The number of anilines is 1. The average Bonchev–Trinajstić information content (AvgIpc) is 2.64. The summed E-state index contributed by atoms with van der Waals surface area (Å²) in [6.07, 6.45) is 1.36. The number of fused-ring (bicyclic) bond motifs is 1. The summed E-state index contributed by atoms with van der Waals surface area (Å²) in [5.41, 5.74) is 0.897. The Bertz CT molecular complexity index is 1000. The lowest BCUT2D eigenvalue weighted by molar-refractivity contribution is -0.116. The first kappa shape index (κ1) is 16.2. The van der Waals surface area contributed by atoms with Crippen LogP contribution in [0.5, 0.6) is 5.75 Å². The van der Waals surface area contributed by atoms with Crippen molar-refractivity contribution in [1.82, 2.24) is 9.55 Å². The van der Waals surface area contributed by atoms with E-state index in [1.54, 1.807) is 48.5 Å². The first-order chi connectivity index (χ1) is 12.2. The minimum absolute atomic E-state index is 0.0381. The van der Waals surface area contributed by atoms with Gasteiger partial charge in [0.05, 0.1) is 17.2 Å². The van der Waals surface area contributed by atoms with Gasteiger partial charge in [-0.05, 0) is 36.4 Å². The summed E-state index contributed by atoms with van der Waals surface area (Å²) in [7, 11) is 0. The monoisotopic (exact) mass is 334 g/mol. The van der Waals surface area contributed by atoms with Gasteiger partial charge in [0, 0.05) is 5.69 Å². The molecule has 2 aromatic carbocycles. The SMILES string of the molecule is N#CCOc1ccc(NC(=O)Cn2cnc3ccccc3c2=O)cc1. The maximum absolute atomic E-state index is 12.4. The first-order valence-corrected chi connectivity index (χ1v) is 7.51. The molecular formula is C18H14N4O3. The van der Waals surface area contributed by atoms with Gasteiger partial charge in [-0.1, -0.05) is 12.1 Å². The van der Waals surface area contributed by atoms with Crippen LogP contribution in [-0.2, 0) is 11.3 Å². The molecule has 1 aromatic heterocycles. The lowest BCUT2D eigenvalue weighted by Crippen LogP contribution is -2.27. The fourth-order valence-corrected chi connectivity index (χ4v) is 2.32. The van der Waals surface area contributed by atoms with Crippen LogP contribution in [-0.4, -0.2) is 22.1 Å². The number of hydrogen-bond donors (Lipinski definition) is 1. The third kappa shape index (κ3) is 3.82. The highest BCUT2D eigenvalue weighted by Gasteiger charge is 2.08. The Balaban J connectivity index is 1.69. The summed E-state index contributed by atoms with van der Waals surface area (Å²) in [5, 5.41) is 11.6. The number of benzene rings is 2. The number of para-hydroxylation sites is 1. The van der Waals surface area contributed by atoms with Gasteiger partial charge in [0.15, 0.2) is 6.61 Å². The average molecular weight is 334 g/mol. The van der Waals surface area contributed by atoms with E-state index in [9.17, 15) is 9.59 Å². The van der Waals surface area contributed by atoms with Crippen LogP contribution in [0.4, 0.5) is 5.69 Å². The Hall–Kier alpha value is -3.66. The number of nitriles is 1. The highest BCUT2D eigenvalue weighted by Crippen LogP contribution is 2.15. The largest absolute Gasteiger partial charge is 0.479 e. The molecule has 0 spiro atoms. The molecule has 124 valence electrons. The Labute approximate surface area is 143 Å². The number of carbonyl (C=O) groups excluding carboxylic acids is 1. The second kappa shape index (κ2) is 7.27. The van der Waals surface area contributed by atoms with E-state index in [-0.39, 0.29) is 24.6 Å². The van der Waals surface area contributed by atoms with Crippen LogP contribution in [0.1, 0.15) is 0 Å². The van der Waals surface area contributed by atoms with Crippen molar-refractivity contribution < 1.29 is 9.53 Å². The van der Waals surface area contributed by atoms with Crippen molar-refractivity contribution in [1.29, 1.82) is 5.26 Å². The summed E-state index contributed by atoms with van der Waals surface area (Å²) in [6.45, 7) is -0.174. The van der Waals surface area contributed by atoms with Gasteiger partial charge in [-0.2, -0.15) is 5.26 Å². The normalized spacial score (nSPS) is 10.2. The zero-order valence-corrected chi connectivity index (χ0v) is 13.2. The molecule has 0 radical (unpaired) electrons. The van der Waals surface area contributed by atoms with Crippen LogP contribution in [0.25, 0.3) is 10.9 Å². The van der Waals surface area contributed by atoms with Crippen LogP contribution in [0.3, 0.4) is 0 Å². The molecule has 3 rings (SSSR count). The van der Waals surface area contributed by atoms with Crippen molar-refractivity contribution in [3.8, 4) is 11.8 Å². The van der Waals surface area contributed by atoms with E-state index < -0.39 is 0 Å². The van der Waals surface area contributed by atoms with Gasteiger partial charge >= 0.3 is 0 Å². The lowest BCUT2D eigenvalue weighted by atomic mass is 10.2. The van der Waals surface area contributed by atoms with Gasteiger partial charge in [-0.25, -0.2) is 4.98 Å². The number of ether oxygens (including phenoxy) is 1. The second-order valence-corrected chi connectivity index (χ2v) is 5.21. The molecule has 1 N–H and O–H groups in total. The fourth-order valence-electron chi connectivity index (χ4n) is 2.32.